The number of nitrogens with one attached hydrogen (secondary N) is 1. The largest absolute Gasteiger partial charge is 0.354 e. The fourth-order valence-corrected chi connectivity index (χ4v) is 4.67. The normalized spacial score (nSPS) is 15.2. The Balaban J connectivity index is 1.42. The molecule has 0 spiro atoms. The van der Waals surface area contributed by atoms with Gasteiger partial charge in [-0.05, 0) is 43.2 Å². The number of hydrogen-bond donors (Lipinski definition) is 1. The third kappa shape index (κ3) is 5.49. The van der Waals surface area contributed by atoms with Crippen LogP contribution in [0.1, 0.15) is 17.0 Å². The zero-order chi connectivity index (χ0) is 22.6. The lowest BCUT2D eigenvalue weighted by molar-refractivity contribution is 0.388. The fourth-order valence-electron chi connectivity index (χ4n) is 3.50. The van der Waals surface area contributed by atoms with Crippen LogP contribution in [0.25, 0.3) is 6.08 Å². The number of aromatic nitrogens is 3. The Labute approximate surface area is 188 Å². The van der Waals surface area contributed by atoms with Crippen molar-refractivity contribution >= 4 is 33.6 Å². The lowest BCUT2D eigenvalue weighted by Gasteiger charge is -2.34. The van der Waals surface area contributed by atoms with E-state index in [1.165, 1.54) is 9.71 Å². The first kappa shape index (κ1) is 21.9. The Hall–Kier alpha value is -3.30. The van der Waals surface area contributed by atoms with Crippen molar-refractivity contribution in [1.29, 1.82) is 0 Å². The van der Waals surface area contributed by atoms with Gasteiger partial charge in [-0.25, -0.2) is 23.4 Å². The van der Waals surface area contributed by atoms with Crippen LogP contribution in [-0.2, 0) is 10.0 Å². The summed E-state index contributed by atoms with van der Waals surface area (Å²) in [4.78, 5) is 15.4. The van der Waals surface area contributed by atoms with Crippen molar-refractivity contribution in [2.24, 2.45) is 0 Å². The van der Waals surface area contributed by atoms with Gasteiger partial charge in [-0.3, -0.25) is 0 Å². The third-order valence-corrected chi connectivity index (χ3v) is 6.72. The predicted molar refractivity (Wildman–Crippen MR) is 127 cm³/mol. The molecular weight excluding hydrogens is 424 g/mol. The van der Waals surface area contributed by atoms with Crippen LogP contribution in [0.5, 0.6) is 0 Å². The zero-order valence-electron chi connectivity index (χ0n) is 18.1. The number of anilines is 3. The molecule has 3 heterocycles. The molecular formula is C23H26N6O2S. The molecule has 1 fully saturated rings. The summed E-state index contributed by atoms with van der Waals surface area (Å²) in [6.07, 6.45) is 3.38. The van der Waals surface area contributed by atoms with Crippen LogP contribution < -0.4 is 10.2 Å². The maximum atomic E-state index is 12.7. The molecule has 0 atom stereocenters. The summed E-state index contributed by atoms with van der Waals surface area (Å²) in [7, 11) is -3.48. The first-order valence-electron chi connectivity index (χ1n) is 10.4. The lowest BCUT2D eigenvalue weighted by Crippen LogP contribution is -2.48. The van der Waals surface area contributed by atoms with Gasteiger partial charge in [0.1, 0.15) is 23.3 Å². The number of aryl methyl sites for hydroxylation is 2. The van der Waals surface area contributed by atoms with Gasteiger partial charge in [0, 0.05) is 43.9 Å². The van der Waals surface area contributed by atoms with Gasteiger partial charge >= 0.3 is 0 Å². The number of pyridine rings is 1. The summed E-state index contributed by atoms with van der Waals surface area (Å²) >= 11 is 0. The minimum absolute atomic E-state index is 0.396. The molecule has 0 saturated carbocycles. The molecule has 0 radical (unpaired) electrons. The van der Waals surface area contributed by atoms with Gasteiger partial charge in [-0.15, -0.1) is 0 Å². The first-order valence-corrected chi connectivity index (χ1v) is 11.9. The molecule has 2 aromatic heterocycles. The molecule has 0 bridgehead atoms. The molecule has 4 rings (SSSR count). The number of rotatable bonds is 6. The second-order valence-electron chi connectivity index (χ2n) is 7.65. The minimum Gasteiger partial charge on any atom is -0.354 e. The van der Waals surface area contributed by atoms with E-state index in [9.17, 15) is 8.42 Å². The summed E-state index contributed by atoms with van der Waals surface area (Å²) in [5.41, 5.74) is 1.96. The quantitative estimate of drug-likeness (QED) is 0.616. The Morgan fingerprint density at radius 2 is 1.69 bits per heavy atom. The van der Waals surface area contributed by atoms with E-state index >= 15 is 0 Å². The second kappa shape index (κ2) is 9.46. The summed E-state index contributed by atoms with van der Waals surface area (Å²) in [5.74, 6) is 2.78. The van der Waals surface area contributed by atoms with Crippen molar-refractivity contribution in [1.82, 2.24) is 19.3 Å². The van der Waals surface area contributed by atoms with Gasteiger partial charge in [0.05, 0.1) is 0 Å². The van der Waals surface area contributed by atoms with Crippen LogP contribution >= 0.6 is 0 Å². The summed E-state index contributed by atoms with van der Waals surface area (Å²) < 4.78 is 26.9. The highest BCUT2D eigenvalue weighted by Crippen LogP contribution is 2.21. The Morgan fingerprint density at radius 1 is 0.938 bits per heavy atom. The molecule has 1 aromatic carbocycles. The van der Waals surface area contributed by atoms with Gasteiger partial charge < -0.3 is 10.2 Å². The van der Waals surface area contributed by atoms with Crippen molar-refractivity contribution in [3.63, 3.8) is 0 Å². The van der Waals surface area contributed by atoms with E-state index in [1.807, 2.05) is 62.4 Å². The van der Waals surface area contributed by atoms with Gasteiger partial charge in [-0.1, -0.05) is 30.3 Å². The Morgan fingerprint density at radius 3 is 2.41 bits per heavy atom. The van der Waals surface area contributed by atoms with Crippen molar-refractivity contribution in [2.45, 2.75) is 13.8 Å². The molecule has 1 saturated heterocycles. The standard InChI is InChI=1S/C23H26N6O2S/c1-18-8-10-24-21(16-18)27-22-17-23(26-19(2)25-22)28-11-13-29(14-12-28)32(30,31)15-9-20-6-4-3-5-7-20/h3-10,15-17H,11-14H2,1-2H3,(H,24,25,26,27)/b15-9+. The Kier molecular flexibility index (Phi) is 6.48. The topological polar surface area (TPSA) is 91.3 Å². The van der Waals surface area contributed by atoms with E-state index in [0.29, 0.717) is 37.8 Å². The van der Waals surface area contributed by atoms with Crippen molar-refractivity contribution in [2.75, 3.05) is 36.4 Å². The molecule has 1 aliphatic heterocycles. The number of hydrogen-bond acceptors (Lipinski definition) is 7. The molecule has 0 aliphatic carbocycles. The van der Waals surface area contributed by atoms with Crippen LogP contribution in [0.4, 0.5) is 17.5 Å². The van der Waals surface area contributed by atoms with E-state index in [0.717, 1.165) is 22.8 Å². The average Bonchev–Trinajstić information content (AvgIpc) is 2.78. The molecule has 3 aromatic rings. The highest BCUT2D eigenvalue weighted by Gasteiger charge is 2.26. The monoisotopic (exact) mass is 450 g/mol. The van der Waals surface area contributed by atoms with Gasteiger partial charge in [-0.2, -0.15) is 4.31 Å². The highest BCUT2D eigenvalue weighted by molar-refractivity contribution is 7.92. The fraction of sp³-hybridized carbons (Fsp3) is 0.261. The molecule has 0 unspecified atom stereocenters. The molecule has 0 amide bonds. The highest BCUT2D eigenvalue weighted by atomic mass is 32.2. The first-order chi connectivity index (χ1) is 15.4. The third-order valence-electron chi connectivity index (χ3n) is 5.15. The average molecular weight is 451 g/mol. The molecule has 1 aliphatic rings. The minimum atomic E-state index is -3.48. The van der Waals surface area contributed by atoms with Crippen molar-refractivity contribution in [3.8, 4) is 0 Å². The molecule has 1 N–H and O–H groups in total. The van der Waals surface area contributed by atoms with Gasteiger partial charge in [0.2, 0.25) is 10.0 Å². The SMILES string of the molecule is Cc1ccnc(Nc2cc(N3CCN(S(=O)(=O)/C=C/c4ccccc4)CC3)nc(C)n2)c1. The van der Waals surface area contributed by atoms with Crippen LogP contribution in [-0.4, -0.2) is 53.9 Å². The van der Waals surface area contributed by atoms with Crippen molar-refractivity contribution in [3.05, 3.63) is 77.1 Å². The van der Waals surface area contributed by atoms with Crippen LogP contribution in [0, 0.1) is 13.8 Å². The maximum absolute atomic E-state index is 12.7. The molecule has 9 heteroatoms. The zero-order valence-corrected chi connectivity index (χ0v) is 19.0. The van der Waals surface area contributed by atoms with Crippen LogP contribution in [0.3, 0.4) is 0 Å². The summed E-state index contributed by atoms with van der Waals surface area (Å²) in [6.45, 7) is 5.74. The lowest BCUT2D eigenvalue weighted by atomic mass is 10.2. The summed E-state index contributed by atoms with van der Waals surface area (Å²) in [5, 5.41) is 4.51. The van der Waals surface area contributed by atoms with Crippen LogP contribution in [0.2, 0.25) is 0 Å². The number of nitrogens with zero attached hydrogens (tertiary/aromatic N) is 5. The number of sulfonamides is 1. The van der Waals surface area contributed by atoms with E-state index in [2.05, 4.69) is 25.2 Å². The van der Waals surface area contributed by atoms with E-state index in [4.69, 9.17) is 0 Å². The molecule has 8 nitrogen and oxygen atoms in total. The predicted octanol–water partition coefficient (Wildman–Crippen LogP) is 3.35. The Bertz CT molecular complexity index is 1210. The second-order valence-corrected chi connectivity index (χ2v) is 9.47. The van der Waals surface area contributed by atoms with Crippen LogP contribution in [0.15, 0.2) is 60.1 Å². The summed E-state index contributed by atoms with van der Waals surface area (Å²) in [6, 6.07) is 15.2. The van der Waals surface area contributed by atoms with Gasteiger partial charge in [0.15, 0.2) is 0 Å². The van der Waals surface area contributed by atoms with E-state index in [1.54, 1.807) is 12.3 Å². The van der Waals surface area contributed by atoms with E-state index < -0.39 is 10.0 Å². The molecule has 32 heavy (non-hydrogen) atoms. The molecule has 166 valence electrons. The smallest absolute Gasteiger partial charge is 0.236 e. The maximum Gasteiger partial charge on any atom is 0.236 e. The van der Waals surface area contributed by atoms with Crippen molar-refractivity contribution < 1.29 is 8.42 Å². The van der Waals surface area contributed by atoms with Gasteiger partial charge in [0.25, 0.3) is 0 Å². The number of benzene rings is 1. The van der Waals surface area contributed by atoms with E-state index in [-0.39, 0.29) is 0 Å². The number of piperazine rings is 1.